The molecular weight excluding hydrogens is 687 g/mol. The molecule has 0 bridgehead atoms. The highest BCUT2D eigenvalue weighted by Crippen LogP contribution is 2.38. The summed E-state index contributed by atoms with van der Waals surface area (Å²) in [4.78, 5) is 0. The molecule has 1 heteroatoms. The first-order valence-electron chi connectivity index (χ1n) is 19.7. The Morgan fingerprint density at radius 2 is 0.526 bits per heavy atom. The minimum atomic E-state index is 1.15. The second-order valence-corrected chi connectivity index (χ2v) is 15.0. The van der Waals surface area contributed by atoms with E-state index in [-0.39, 0.29) is 0 Å². The second-order valence-electron chi connectivity index (χ2n) is 15.0. The lowest BCUT2D eigenvalue weighted by atomic mass is 9.96. The van der Waals surface area contributed by atoms with Crippen molar-refractivity contribution < 1.29 is 0 Å². The summed E-state index contributed by atoms with van der Waals surface area (Å²) in [5, 5.41) is 7.52. The third kappa shape index (κ3) is 5.98. The number of aromatic nitrogens is 1. The van der Waals surface area contributed by atoms with E-state index in [0.29, 0.717) is 0 Å². The van der Waals surface area contributed by atoms with Gasteiger partial charge < -0.3 is 4.57 Å². The van der Waals surface area contributed by atoms with Gasteiger partial charge in [0.05, 0.1) is 11.0 Å². The van der Waals surface area contributed by atoms with Gasteiger partial charge in [0.25, 0.3) is 0 Å². The van der Waals surface area contributed by atoms with E-state index in [4.69, 9.17) is 0 Å². The molecule has 0 fully saturated rings. The number of hydrogen-bond acceptors (Lipinski definition) is 0. The van der Waals surface area contributed by atoms with Crippen LogP contribution < -0.4 is 0 Å². The topological polar surface area (TPSA) is 4.93 Å². The Morgan fingerprint density at radius 1 is 0.211 bits per heavy atom. The number of nitrogens with zero attached hydrogens (tertiary/aromatic N) is 1. The average molecular weight is 724 g/mol. The van der Waals surface area contributed by atoms with E-state index >= 15 is 0 Å². The molecule has 0 atom stereocenters. The Bertz CT molecular complexity index is 3060. The van der Waals surface area contributed by atoms with Gasteiger partial charge in [-0.1, -0.05) is 176 Å². The Labute approximate surface area is 332 Å². The minimum Gasteiger partial charge on any atom is -0.309 e. The van der Waals surface area contributed by atoms with Crippen LogP contribution in [0.15, 0.2) is 224 Å². The van der Waals surface area contributed by atoms with Crippen LogP contribution in [0.4, 0.5) is 0 Å². The highest BCUT2D eigenvalue weighted by Gasteiger charge is 2.15. The van der Waals surface area contributed by atoms with Crippen molar-refractivity contribution in [1.82, 2.24) is 4.57 Å². The molecule has 0 radical (unpaired) electrons. The van der Waals surface area contributed by atoms with Crippen molar-refractivity contribution in [2.24, 2.45) is 0 Å². The Morgan fingerprint density at radius 3 is 0.982 bits per heavy atom. The molecule has 0 N–H and O–H groups in total. The van der Waals surface area contributed by atoms with Crippen LogP contribution in [0.25, 0.3) is 105 Å². The van der Waals surface area contributed by atoms with Crippen LogP contribution >= 0.6 is 0 Å². The highest BCUT2D eigenvalue weighted by molar-refractivity contribution is 6.11. The number of hydrogen-bond donors (Lipinski definition) is 0. The van der Waals surface area contributed by atoms with Crippen LogP contribution in [0.3, 0.4) is 0 Å². The van der Waals surface area contributed by atoms with Crippen molar-refractivity contribution in [2.75, 3.05) is 0 Å². The van der Waals surface area contributed by atoms with Gasteiger partial charge in [-0.15, -0.1) is 0 Å². The second kappa shape index (κ2) is 13.7. The fourth-order valence-corrected chi connectivity index (χ4v) is 8.54. The van der Waals surface area contributed by atoms with Crippen LogP contribution in [0.5, 0.6) is 0 Å². The van der Waals surface area contributed by atoms with Gasteiger partial charge in [0.1, 0.15) is 0 Å². The third-order valence-corrected chi connectivity index (χ3v) is 11.6. The fourth-order valence-electron chi connectivity index (χ4n) is 8.54. The first-order chi connectivity index (χ1) is 28.2. The summed E-state index contributed by atoms with van der Waals surface area (Å²) in [6.45, 7) is 0. The zero-order valence-corrected chi connectivity index (χ0v) is 31.3. The molecule has 0 aliphatic heterocycles. The maximum absolute atomic E-state index is 2.42. The summed E-state index contributed by atoms with van der Waals surface area (Å²) >= 11 is 0. The highest BCUT2D eigenvalue weighted by atomic mass is 15.0. The first kappa shape index (κ1) is 32.9. The average Bonchev–Trinajstić information content (AvgIpc) is 3.62. The molecule has 11 rings (SSSR count). The van der Waals surface area contributed by atoms with Crippen molar-refractivity contribution in [2.45, 2.75) is 0 Å². The molecule has 266 valence electrons. The largest absolute Gasteiger partial charge is 0.309 e. The summed E-state index contributed by atoms with van der Waals surface area (Å²) in [5.74, 6) is 0. The lowest BCUT2D eigenvalue weighted by Gasteiger charge is -2.11. The van der Waals surface area contributed by atoms with Gasteiger partial charge in [0.15, 0.2) is 0 Å². The van der Waals surface area contributed by atoms with Crippen LogP contribution in [0.2, 0.25) is 0 Å². The van der Waals surface area contributed by atoms with Gasteiger partial charge in [-0.2, -0.15) is 0 Å². The zero-order valence-electron chi connectivity index (χ0n) is 31.3. The van der Waals surface area contributed by atoms with Crippen molar-refractivity contribution in [3.8, 4) is 61.3 Å². The van der Waals surface area contributed by atoms with E-state index in [1.165, 1.54) is 99.0 Å². The number of benzene rings is 10. The van der Waals surface area contributed by atoms with Crippen molar-refractivity contribution in [1.29, 1.82) is 0 Å². The third-order valence-electron chi connectivity index (χ3n) is 11.6. The van der Waals surface area contributed by atoms with Crippen LogP contribution in [-0.2, 0) is 0 Å². The van der Waals surface area contributed by atoms with Crippen molar-refractivity contribution >= 4 is 43.4 Å². The molecule has 10 aromatic carbocycles. The summed E-state index contributed by atoms with van der Waals surface area (Å²) < 4.78 is 2.42. The van der Waals surface area contributed by atoms with Crippen LogP contribution in [-0.4, -0.2) is 4.57 Å². The Kier molecular flexibility index (Phi) is 7.89. The molecule has 57 heavy (non-hydrogen) atoms. The predicted molar refractivity (Wildman–Crippen MR) is 243 cm³/mol. The normalized spacial score (nSPS) is 11.5. The van der Waals surface area contributed by atoms with Crippen LogP contribution in [0, 0.1) is 0 Å². The fraction of sp³-hybridized carbons (Fsp3) is 0. The summed E-state index contributed by atoms with van der Waals surface area (Å²) in [7, 11) is 0. The van der Waals surface area contributed by atoms with E-state index < -0.39 is 0 Å². The standard InChI is InChI=1S/C56H37N/c1-2-8-38(9-3-1)41-26-30-52(31-27-41)57-55-32-28-50(44-18-14-42(15-19-44)48-24-22-39-10-4-6-12-46(39)34-48)36-53(55)54-37-51(29-33-56(54)57)45-20-16-43(17-21-45)49-25-23-40-11-5-7-13-47(40)35-49/h1-37H. The van der Waals surface area contributed by atoms with Crippen molar-refractivity contribution in [3.63, 3.8) is 0 Å². The lowest BCUT2D eigenvalue weighted by molar-refractivity contribution is 1.18. The molecule has 1 aromatic heterocycles. The molecule has 0 aliphatic rings. The number of rotatable bonds is 6. The first-order valence-corrected chi connectivity index (χ1v) is 19.7. The predicted octanol–water partition coefficient (Wildman–Crippen LogP) is 15.4. The zero-order chi connectivity index (χ0) is 37.7. The maximum Gasteiger partial charge on any atom is 0.0541 e. The SMILES string of the molecule is c1ccc(-c2ccc(-n3c4ccc(-c5ccc(-c6ccc7ccccc7c6)cc5)cc4c4cc(-c5ccc(-c6ccc7ccccc7c6)cc5)ccc43)cc2)cc1. The molecule has 11 aromatic rings. The van der Waals surface area contributed by atoms with E-state index in [0.717, 1.165) is 5.69 Å². The molecule has 0 amide bonds. The van der Waals surface area contributed by atoms with Gasteiger partial charge in [-0.05, 0) is 126 Å². The molecule has 0 aliphatic carbocycles. The summed E-state index contributed by atoms with van der Waals surface area (Å²) in [6, 6.07) is 82.0. The molecule has 0 unspecified atom stereocenters. The molecular formula is C56H37N. The van der Waals surface area contributed by atoms with Gasteiger partial charge in [0.2, 0.25) is 0 Å². The Hall–Kier alpha value is -7.48. The molecule has 0 saturated carbocycles. The summed E-state index contributed by atoms with van der Waals surface area (Å²) in [6.07, 6.45) is 0. The van der Waals surface area contributed by atoms with Crippen molar-refractivity contribution in [3.05, 3.63) is 224 Å². The van der Waals surface area contributed by atoms with Gasteiger partial charge in [-0.25, -0.2) is 0 Å². The van der Waals surface area contributed by atoms with Gasteiger partial charge in [-0.3, -0.25) is 0 Å². The van der Waals surface area contributed by atoms with Gasteiger partial charge >= 0.3 is 0 Å². The smallest absolute Gasteiger partial charge is 0.0541 e. The molecule has 0 spiro atoms. The minimum absolute atomic E-state index is 1.15. The van der Waals surface area contributed by atoms with Crippen LogP contribution in [0.1, 0.15) is 0 Å². The molecule has 0 saturated heterocycles. The van der Waals surface area contributed by atoms with E-state index in [1.807, 2.05) is 0 Å². The van der Waals surface area contributed by atoms with E-state index in [9.17, 15) is 0 Å². The number of fused-ring (bicyclic) bond motifs is 5. The van der Waals surface area contributed by atoms with E-state index in [2.05, 4.69) is 229 Å². The van der Waals surface area contributed by atoms with E-state index in [1.54, 1.807) is 0 Å². The Balaban J connectivity index is 1.00. The van der Waals surface area contributed by atoms with Gasteiger partial charge in [0, 0.05) is 16.5 Å². The molecule has 1 nitrogen and oxygen atoms in total. The summed E-state index contributed by atoms with van der Waals surface area (Å²) in [5.41, 5.74) is 15.7. The maximum atomic E-state index is 2.42. The lowest BCUT2D eigenvalue weighted by Crippen LogP contribution is -1.94. The quantitative estimate of drug-likeness (QED) is 0.161. The molecule has 1 heterocycles. The monoisotopic (exact) mass is 723 g/mol.